The summed E-state index contributed by atoms with van der Waals surface area (Å²) in [4.78, 5) is 32.4. The van der Waals surface area contributed by atoms with E-state index in [0.29, 0.717) is 49.4 Å². The highest BCUT2D eigenvalue weighted by Gasteiger charge is 2.49. The Morgan fingerprint density at radius 2 is 1.96 bits per heavy atom. The highest BCUT2D eigenvalue weighted by Crippen LogP contribution is 2.45. The van der Waals surface area contributed by atoms with Crippen LogP contribution in [0.3, 0.4) is 0 Å². The number of aromatic hydroxyl groups is 1. The Morgan fingerprint density at radius 1 is 1.16 bits per heavy atom. The number of phenols is 1. The van der Waals surface area contributed by atoms with Gasteiger partial charge in [-0.1, -0.05) is 6.92 Å². The van der Waals surface area contributed by atoms with E-state index in [1.807, 2.05) is 0 Å². The van der Waals surface area contributed by atoms with Gasteiger partial charge in [0.25, 0.3) is 0 Å². The number of aliphatic hydroxyl groups excluding tert-OH is 1. The molecule has 6 atom stereocenters. The number of ether oxygens (including phenoxy) is 1. The van der Waals surface area contributed by atoms with Gasteiger partial charge in [-0.2, -0.15) is 9.97 Å². The van der Waals surface area contributed by atoms with Crippen LogP contribution in [0.1, 0.15) is 82.3 Å². The number of hydrogen-bond acceptors (Lipinski definition) is 10. The molecule has 8 rings (SSSR count). The zero-order chi connectivity index (χ0) is 35.4. The van der Waals surface area contributed by atoms with Crippen LogP contribution in [0.25, 0.3) is 22.2 Å². The number of phenolic OH excluding ortho intramolecular Hbond substituents is 1. The van der Waals surface area contributed by atoms with Gasteiger partial charge in [-0.25, -0.2) is 8.78 Å². The number of nitrogens with zero attached hydrogens (tertiary/aromatic N) is 6. The number of carbonyl (C=O) groups excluding carboxylic acids is 1. The van der Waals surface area contributed by atoms with E-state index in [0.717, 1.165) is 69.0 Å². The summed E-state index contributed by atoms with van der Waals surface area (Å²) >= 11 is 0. The van der Waals surface area contributed by atoms with Crippen LogP contribution in [-0.4, -0.2) is 117 Å². The minimum atomic E-state index is -0.906. The number of benzene rings is 1. The van der Waals surface area contributed by atoms with E-state index >= 15 is 4.39 Å². The Bertz CT molecular complexity index is 1800. The number of halogens is 2. The third-order valence-electron chi connectivity index (χ3n) is 12.2. The number of rotatable bonds is 10. The number of amides is 1. The predicted octanol–water partition coefficient (Wildman–Crippen LogP) is 4.47. The summed E-state index contributed by atoms with van der Waals surface area (Å²) in [6, 6.07) is 3.76. The van der Waals surface area contributed by atoms with E-state index in [4.69, 9.17) is 19.7 Å². The maximum Gasteiger partial charge on any atom is 0.319 e. The topological polar surface area (TPSA) is 127 Å². The number of carbonyl (C=O) groups is 1. The summed E-state index contributed by atoms with van der Waals surface area (Å²) in [5, 5.41) is 24.6. The molecule has 4 fully saturated rings. The summed E-state index contributed by atoms with van der Waals surface area (Å²) in [5.74, 6) is 0.119. The van der Waals surface area contributed by atoms with Gasteiger partial charge in [0, 0.05) is 69.9 Å². The normalized spacial score (nSPS) is 28.2. The molecule has 13 heteroatoms. The van der Waals surface area contributed by atoms with E-state index in [9.17, 15) is 19.4 Å². The molecular weight excluding hydrogens is 656 g/mol. The van der Waals surface area contributed by atoms with Crippen molar-refractivity contribution in [2.24, 2.45) is 0 Å². The fourth-order valence-electron chi connectivity index (χ4n) is 9.87. The minimum Gasteiger partial charge on any atom is -0.508 e. The van der Waals surface area contributed by atoms with Gasteiger partial charge in [-0.3, -0.25) is 19.6 Å². The molecule has 2 bridgehead atoms. The smallest absolute Gasteiger partial charge is 0.319 e. The third kappa shape index (κ3) is 6.39. The number of hydrogen-bond donors (Lipinski definition) is 3. The summed E-state index contributed by atoms with van der Waals surface area (Å²) in [7, 11) is 0. The Balaban J connectivity index is 1.17. The molecule has 4 saturated heterocycles. The van der Waals surface area contributed by atoms with Crippen molar-refractivity contribution < 1.29 is 28.5 Å². The Labute approximate surface area is 297 Å². The molecule has 51 heavy (non-hydrogen) atoms. The Hall–Kier alpha value is -3.68. The maximum absolute atomic E-state index is 17.1. The fourth-order valence-corrected chi connectivity index (χ4v) is 9.87. The van der Waals surface area contributed by atoms with E-state index in [1.54, 1.807) is 18.3 Å². The zero-order valence-electron chi connectivity index (χ0n) is 29.6. The molecular formula is C38H49F2N7O4. The first-order valence-electron chi connectivity index (χ1n) is 18.8. The van der Waals surface area contributed by atoms with Gasteiger partial charge in [0.05, 0.1) is 17.0 Å². The largest absolute Gasteiger partial charge is 0.508 e. The van der Waals surface area contributed by atoms with Crippen LogP contribution in [0, 0.1) is 5.82 Å². The molecule has 2 aromatic heterocycles. The summed E-state index contributed by atoms with van der Waals surface area (Å²) in [6.07, 6.45) is 7.90. The van der Waals surface area contributed by atoms with Gasteiger partial charge >= 0.3 is 6.01 Å². The first-order chi connectivity index (χ1) is 24.6. The molecule has 3 aromatic rings. The van der Waals surface area contributed by atoms with E-state index in [2.05, 4.69) is 26.9 Å². The van der Waals surface area contributed by atoms with Crippen molar-refractivity contribution in [3.05, 3.63) is 35.3 Å². The number of aromatic nitrogens is 3. The SMILES string of the molecule is CCC1CCCc2cc(O)cc(-c3ncc4c(N5CC6CCC(C5)N6CC(O)CNC(C)=O)nc(OC[C@@]56CCCN5C[C@H](F)C6)nc4c3F)c21. The second kappa shape index (κ2) is 13.7. The predicted molar refractivity (Wildman–Crippen MR) is 189 cm³/mol. The van der Waals surface area contributed by atoms with Gasteiger partial charge < -0.3 is 25.2 Å². The van der Waals surface area contributed by atoms with Crippen molar-refractivity contribution >= 4 is 22.6 Å². The molecule has 0 saturated carbocycles. The molecule has 5 aliphatic rings. The number of alkyl halides is 1. The molecule has 4 aliphatic heterocycles. The fraction of sp³-hybridized carbons (Fsp3) is 0.632. The Kier molecular flexibility index (Phi) is 9.25. The maximum atomic E-state index is 17.1. The van der Waals surface area contributed by atoms with Crippen LogP contribution in [-0.2, 0) is 11.2 Å². The lowest BCUT2D eigenvalue weighted by molar-refractivity contribution is -0.119. The van der Waals surface area contributed by atoms with Crippen LogP contribution in [0.4, 0.5) is 14.6 Å². The van der Waals surface area contributed by atoms with Crippen molar-refractivity contribution in [1.82, 2.24) is 30.1 Å². The number of piperazine rings is 1. The van der Waals surface area contributed by atoms with Crippen LogP contribution >= 0.6 is 0 Å². The number of aryl methyl sites for hydroxylation is 1. The molecule has 4 unspecified atom stereocenters. The summed E-state index contributed by atoms with van der Waals surface area (Å²) in [6.45, 7) is 6.89. The molecule has 3 N–H and O–H groups in total. The Morgan fingerprint density at radius 3 is 2.73 bits per heavy atom. The van der Waals surface area contributed by atoms with Gasteiger partial charge in [-0.05, 0) is 87.1 Å². The molecule has 1 amide bonds. The lowest BCUT2D eigenvalue weighted by Gasteiger charge is -2.42. The second-order valence-electron chi connectivity index (χ2n) is 15.5. The molecule has 0 radical (unpaired) electrons. The van der Waals surface area contributed by atoms with Crippen LogP contribution < -0.4 is 15.0 Å². The van der Waals surface area contributed by atoms with Gasteiger partial charge in [0.15, 0.2) is 5.82 Å². The number of fused-ring (bicyclic) bond motifs is 5. The second-order valence-corrected chi connectivity index (χ2v) is 15.5. The quantitative estimate of drug-likeness (QED) is 0.278. The number of aliphatic hydroxyl groups is 1. The molecule has 11 nitrogen and oxygen atoms in total. The van der Waals surface area contributed by atoms with Gasteiger partial charge in [-0.15, -0.1) is 0 Å². The van der Waals surface area contributed by atoms with Crippen LogP contribution in [0.15, 0.2) is 18.3 Å². The third-order valence-corrected chi connectivity index (χ3v) is 12.2. The van der Waals surface area contributed by atoms with E-state index in [1.165, 1.54) is 6.92 Å². The monoisotopic (exact) mass is 705 g/mol. The molecule has 274 valence electrons. The van der Waals surface area contributed by atoms with Crippen molar-refractivity contribution in [3.63, 3.8) is 0 Å². The lowest BCUT2D eigenvalue weighted by Crippen LogP contribution is -2.56. The summed E-state index contributed by atoms with van der Waals surface area (Å²) < 4.78 is 38.1. The molecule has 6 heterocycles. The first-order valence-corrected chi connectivity index (χ1v) is 18.8. The lowest BCUT2D eigenvalue weighted by atomic mass is 9.78. The highest BCUT2D eigenvalue weighted by molar-refractivity contribution is 5.92. The van der Waals surface area contributed by atoms with Crippen molar-refractivity contribution in [2.45, 2.75) is 107 Å². The van der Waals surface area contributed by atoms with Crippen molar-refractivity contribution in [1.29, 1.82) is 0 Å². The van der Waals surface area contributed by atoms with Gasteiger partial charge in [0.2, 0.25) is 5.91 Å². The molecule has 1 aliphatic carbocycles. The molecule has 1 aromatic carbocycles. The highest BCUT2D eigenvalue weighted by atomic mass is 19.1. The van der Waals surface area contributed by atoms with Crippen molar-refractivity contribution in [3.8, 4) is 23.0 Å². The van der Waals surface area contributed by atoms with Crippen molar-refractivity contribution in [2.75, 3.05) is 50.8 Å². The average molecular weight is 706 g/mol. The average Bonchev–Trinajstić information content (AvgIpc) is 3.70. The number of pyridine rings is 1. The molecule has 0 spiro atoms. The zero-order valence-corrected chi connectivity index (χ0v) is 29.6. The van der Waals surface area contributed by atoms with E-state index < -0.39 is 23.6 Å². The number of anilines is 1. The van der Waals surface area contributed by atoms with E-state index in [-0.39, 0.29) is 60.0 Å². The van der Waals surface area contributed by atoms with Crippen LogP contribution in [0.2, 0.25) is 0 Å². The minimum absolute atomic E-state index is 0.0574. The number of nitrogens with one attached hydrogen (secondary N) is 1. The standard InChI is InChI=1S/C38H49F2N7O4/c1-3-23-6-4-7-24-12-28(49)13-30(32(23)24)34-33(40)35-31(16-42-34)36(44-37(43-35)51-21-38-10-5-11-46(38)17-25(39)14-38)45-18-26-8-9-27(19-45)47(26)20-29(50)15-41-22(2)48/h12-13,16,23,25-27,29,49-50H,3-11,14-15,17-21H2,1-2H3,(H,41,48)/t23?,25-,26?,27?,29?,38+/m1/s1. The first kappa shape index (κ1) is 34.4. The van der Waals surface area contributed by atoms with Gasteiger partial charge in [0.1, 0.15) is 35.6 Å². The van der Waals surface area contributed by atoms with Crippen LogP contribution in [0.5, 0.6) is 11.8 Å². The summed E-state index contributed by atoms with van der Waals surface area (Å²) in [5.41, 5.74) is 2.53.